The molecule has 1 aliphatic rings. The summed E-state index contributed by atoms with van der Waals surface area (Å²) in [5, 5.41) is 0. The molecular weight excluding hydrogens is 371 g/mol. The van der Waals surface area contributed by atoms with Gasteiger partial charge in [0, 0.05) is 0 Å². The average molecular weight is 400 g/mol. The Morgan fingerprint density at radius 3 is 1.68 bits per heavy atom. The highest BCUT2D eigenvalue weighted by Crippen LogP contribution is 2.21. The van der Waals surface area contributed by atoms with Gasteiger partial charge in [-0.25, -0.2) is 0 Å². The van der Waals surface area contributed by atoms with Crippen molar-refractivity contribution in [2.24, 2.45) is 0 Å². The van der Waals surface area contributed by atoms with Gasteiger partial charge in [-0.05, 0) is 62.8 Å². The molecule has 4 aromatic carbocycles. The Kier molecular flexibility index (Phi) is 5.06. The number of rotatable bonds is 3. The van der Waals surface area contributed by atoms with Gasteiger partial charge in [0.1, 0.15) is 0 Å². The zero-order valence-corrected chi connectivity index (χ0v) is 19.0. The molecule has 0 amide bonds. The summed E-state index contributed by atoms with van der Waals surface area (Å²) in [5.41, 5.74) is 15.7. The van der Waals surface area contributed by atoms with E-state index < -0.39 is 0 Å². The Bertz CT molecular complexity index is 1190. The third-order valence-corrected chi connectivity index (χ3v) is 6.76. The summed E-state index contributed by atoms with van der Waals surface area (Å²) in [4.78, 5) is 0. The van der Waals surface area contributed by atoms with Crippen molar-refractivity contribution in [3.63, 3.8) is 0 Å². The lowest BCUT2D eigenvalue weighted by atomic mass is 9.32. The van der Waals surface area contributed by atoms with Crippen LogP contribution in [0.1, 0.15) is 44.5 Å². The summed E-state index contributed by atoms with van der Waals surface area (Å²) in [6.45, 7) is 9.33. The second-order valence-electron chi connectivity index (χ2n) is 9.32. The van der Waals surface area contributed by atoms with E-state index in [9.17, 15) is 0 Å². The van der Waals surface area contributed by atoms with E-state index in [0.29, 0.717) is 6.71 Å². The number of hydrogen-bond acceptors (Lipinski definition) is 0. The Labute approximate surface area is 187 Å². The van der Waals surface area contributed by atoms with Crippen molar-refractivity contribution >= 4 is 23.1 Å². The Hall–Kier alpha value is -3.06. The van der Waals surface area contributed by atoms with E-state index in [1.807, 2.05) is 0 Å². The fraction of sp³-hybridized carbons (Fsp3) is 0.200. The Morgan fingerprint density at radius 2 is 1.13 bits per heavy atom. The van der Waals surface area contributed by atoms with E-state index in [4.69, 9.17) is 0 Å². The van der Waals surface area contributed by atoms with Gasteiger partial charge in [0.2, 0.25) is 6.71 Å². The van der Waals surface area contributed by atoms with Crippen LogP contribution in [-0.4, -0.2) is 6.71 Å². The van der Waals surface area contributed by atoms with E-state index in [1.54, 1.807) is 0 Å². The standard InChI is InChI=1S/C30H29B/c1-20-14-22(3)29-26(16-20)19-27-17-21(2)15-23(4)30(27)31(29)28-12-10-25(11-13-28)18-24-8-6-5-7-9-24/h5-17H,18-19H2,1-4H3. The predicted octanol–water partition coefficient (Wildman–Crippen LogP) is 4.93. The van der Waals surface area contributed by atoms with Crippen molar-refractivity contribution in [3.05, 3.63) is 123 Å². The van der Waals surface area contributed by atoms with Crippen molar-refractivity contribution < 1.29 is 0 Å². The van der Waals surface area contributed by atoms with Crippen LogP contribution in [0.3, 0.4) is 0 Å². The zero-order valence-electron chi connectivity index (χ0n) is 19.0. The van der Waals surface area contributed by atoms with E-state index in [-0.39, 0.29) is 0 Å². The van der Waals surface area contributed by atoms with Crippen molar-refractivity contribution in [1.82, 2.24) is 0 Å². The zero-order chi connectivity index (χ0) is 21.5. The van der Waals surface area contributed by atoms with E-state index in [0.717, 1.165) is 12.8 Å². The topological polar surface area (TPSA) is 0 Å². The summed E-state index contributed by atoms with van der Waals surface area (Å²) < 4.78 is 0. The highest BCUT2D eigenvalue weighted by Gasteiger charge is 2.33. The molecule has 0 saturated carbocycles. The van der Waals surface area contributed by atoms with Crippen LogP contribution in [0, 0.1) is 27.7 Å². The van der Waals surface area contributed by atoms with Gasteiger partial charge in [0.05, 0.1) is 0 Å². The van der Waals surface area contributed by atoms with E-state index in [2.05, 4.69) is 107 Å². The van der Waals surface area contributed by atoms with Crippen LogP contribution in [0.5, 0.6) is 0 Å². The molecule has 0 spiro atoms. The number of aryl methyl sites for hydroxylation is 4. The van der Waals surface area contributed by atoms with Gasteiger partial charge < -0.3 is 0 Å². The lowest BCUT2D eigenvalue weighted by Crippen LogP contribution is -2.58. The maximum absolute atomic E-state index is 2.40. The molecule has 0 fully saturated rings. The second kappa shape index (κ2) is 7.89. The van der Waals surface area contributed by atoms with Gasteiger partial charge in [0.25, 0.3) is 0 Å². The summed E-state index contributed by atoms with van der Waals surface area (Å²) >= 11 is 0. The van der Waals surface area contributed by atoms with Crippen LogP contribution < -0.4 is 16.4 Å². The molecule has 0 aromatic heterocycles. The van der Waals surface area contributed by atoms with E-state index in [1.165, 1.54) is 60.9 Å². The first-order valence-electron chi connectivity index (χ1n) is 11.3. The van der Waals surface area contributed by atoms with Gasteiger partial charge in [-0.2, -0.15) is 0 Å². The predicted molar refractivity (Wildman–Crippen MR) is 135 cm³/mol. The summed E-state index contributed by atoms with van der Waals surface area (Å²) in [7, 11) is 0. The minimum absolute atomic E-state index is 0.311. The highest BCUT2D eigenvalue weighted by atomic mass is 14.2. The molecular formula is C30H29B. The minimum Gasteiger partial charge on any atom is -0.0686 e. The highest BCUT2D eigenvalue weighted by molar-refractivity contribution is 6.97. The third kappa shape index (κ3) is 3.74. The Morgan fingerprint density at radius 1 is 0.613 bits per heavy atom. The monoisotopic (exact) mass is 400 g/mol. The van der Waals surface area contributed by atoms with Crippen molar-refractivity contribution in [2.75, 3.05) is 0 Å². The fourth-order valence-corrected chi connectivity index (χ4v) is 5.59. The average Bonchev–Trinajstić information content (AvgIpc) is 2.73. The van der Waals surface area contributed by atoms with Gasteiger partial charge in [-0.3, -0.25) is 0 Å². The molecule has 4 aromatic rings. The third-order valence-electron chi connectivity index (χ3n) is 6.76. The SMILES string of the molecule is Cc1cc(C)c2c(c1)Cc1cc(C)cc(C)c1B2c1ccc(Cc2ccccc2)cc1. The lowest BCUT2D eigenvalue weighted by Gasteiger charge is -2.31. The molecule has 0 atom stereocenters. The van der Waals surface area contributed by atoms with Crippen molar-refractivity contribution in [1.29, 1.82) is 0 Å². The summed E-state index contributed by atoms with van der Waals surface area (Å²) in [5.74, 6) is 0. The first-order chi connectivity index (χ1) is 15.0. The van der Waals surface area contributed by atoms with Crippen molar-refractivity contribution in [2.45, 2.75) is 40.5 Å². The lowest BCUT2D eigenvalue weighted by molar-refractivity contribution is 1.16. The van der Waals surface area contributed by atoms with Crippen LogP contribution in [0.2, 0.25) is 0 Å². The van der Waals surface area contributed by atoms with Gasteiger partial charge in [0.15, 0.2) is 0 Å². The maximum Gasteiger partial charge on any atom is 0.242 e. The smallest absolute Gasteiger partial charge is 0.0686 e. The van der Waals surface area contributed by atoms with Gasteiger partial charge >= 0.3 is 0 Å². The number of benzene rings is 4. The van der Waals surface area contributed by atoms with Gasteiger partial charge in [-0.1, -0.05) is 118 Å². The maximum atomic E-state index is 2.40. The molecule has 152 valence electrons. The largest absolute Gasteiger partial charge is 0.242 e. The van der Waals surface area contributed by atoms with Crippen LogP contribution in [0.15, 0.2) is 78.9 Å². The molecule has 1 heterocycles. The molecule has 0 unspecified atom stereocenters. The first kappa shape index (κ1) is 19.9. The van der Waals surface area contributed by atoms with E-state index >= 15 is 0 Å². The number of fused-ring (bicyclic) bond motifs is 2. The van der Waals surface area contributed by atoms with Crippen LogP contribution >= 0.6 is 0 Å². The molecule has 0 nitrogen and oxygen atoms in total. The quantitative estimate of drug-likeness (QED) is 0.377. The molecule has 0 bridgehead atoms. The summed E-state index contributed by atoms with van der Waals surface area (Å²) in [6.07, 6.45) is 2.02. The molecule has 31 heavy (non-hydrogen) atoms. The Balaban J connectivity index is 1.62. The first-order valence-corrected chi connectivity index (χ1v) is 11.3. The molecule has 1 heteroatoms. The molecule has 5 rings (SSSR count). The number of hydrogen-bond donors (Lipinski definition) is 0. The summed E-state index contributed by atoms with van der Waals surface area (Å²) in [6, 6.07) is 29.6. The normalized spacial score (nSPS) is 12.5. The molecule has 0 radical (unpaired) electrons. The molecule has 0 N–H and O–H groups in total. The fourth-order valence-electron chi connectivity index (χ4n) is 5.59. The van der Waals surface area contributed by atoms with Crippen LogP contribution in [-0.2, 0) is 12.8 Å². The van der Waals surface area contributed by atoms with Gasteiger partial charge in [-0.15, -0.1) is 0 Å². The van der Waals surface area contributed by atoms with Crippen LogP contribution in [0.4, 0.5) is 0 Å². The minimum atomic E-state index is 0.311. The molecule has 1 aliphatic heterocycles. The van der Waals surface area contributed by atoms with Crippen LogP contribution in [0.25, 0.3) is 0 Å². The van der Waals surface area contributed by atoms with Crippen molar-refractivity contribution in [3.8, 4) is 0 Å². The molecule has 0 saturated heterocycles. The second-order valence-corrected chi connectivity index (χ2v) is 9.32. The molecule has 0 aliphatic carbocycles.